The van der Waals surface area contributed by atoms with Gasteiger partial charge >= 0.3 is 12.4 Å². The third-order valence-corrected chi connectivity index (χ3v) is 6.73. The fourth-order valence-corrected chi connectivity index (χ4v) is 4.58. The molecule has 0 aromatic heterocycles. The first-order chi connectivity index (χ1) is 21.7. The topological polar surface area (TPSA) is 18.5 Å². The van der Waals surface area contributed by atoms with E-state index in [0.717, 1.165) is 46.5 Å². The standard InChI is InChI=1S/C38H34F6O2/c1-25(2)45-33-19-11-29(12-20-33)35(23-9-27-5-15-31(16-6-27)37(39,40)41)36(30-13-21-34(22-14-30)46-26(3)4)24-10-28-7-17-32(18-8-28)38(42,43)44/h5-26H,1-4H3/b23-9+,24-10+,36-35+. The van der Waals surface area contributed by atoms with Gasteiger partial charge in [0.1, 0.15) is 11.5 Å². The number of allylic oxidation sites excluding steroid dienone is 4. The van der Waals surface area contributed by atoms with E-state index in [2.05, 4.69) is 0 Å². The van der Waals surface area contributed by atoms with Crippen molar-refractivity contribution in [3.63, 3.8) is 0 Å². The van der Waals surface area contributed by atoms with Gasteiger partial charge in [0.15, 0.2) is 0 Å². The van der Waals surface area contributed by atoms with Crippen LogP contribution >= 0.6 is 0 Å². The predicted octanol–water partition coefficient (Wildman–Crippen LogP) is 11.6. The van der Waals surface area contributed by atoms with Gasteiger partial charge in [-0.1, -0.05) is 72.8 Å². The first-order valence-corrected chi connectivity index (χ1v) is 14.7. The van der Waals surface area contributed by atoms with Crippen LogP contribution in [-0.2, 0) is 12.4 Å². The van der Waals surface area contributed by atoms with Crippen LogP contribution in [0.5, 0.6) is 11.5 Å². The van der Waals surface area contributed by atoms with E-state index >= 15 is 0 Å². The van der Waals surface area contributed by atoms with Crippen molar-refractivity contribution in [2.75, 3.05) is 0 Å². The number of ether oxygens (including phenoxy) is 2. The van der Waals surface area contributed by atoms with Crippen molar-refractivity contribution >= 4 is 23.3 Å². The molecule has 4 rings (SSSR count). The van der Waals surface area contributed by atoms with Crippen molar-refractivity contribution in [1.29, 1.82) is 0 Å². The molecule has 0 aliphatic heterocycles. The average Bonchev–Trinajstić information content (AvgIpc) is 2.99. The molecule has 0 spiro atoms. The summed E-state index contributed by atoms with van der Waals surface area (Å²) in [6.07, 6.45) is -1.91. The van der Waals surface area contributed by atoms with Crippen molar-refractivity contribution in [2.45, 2.75) is 52.3 Å². The Bertz CT molecular complexity index is 1530. The van der Waals surface area contributed by atoms with Crippen molar-refractivity contribution in [3.05, 3.63) is 143 Å². The first-order valence-electron chi connectivity index (χ1n) is 14.7. The van der Waals surface area contributed by atoms with Gasteiger partial charge in [-0.3, -0.25) is 0 Å². The minimum absolute atomic E-state index is 0.0331. The maximum atomic E-state index is 13.2. The number of hydrogen-bond donors (Lipinski definition) is 0. The second-order valence-corrected chi connectivity index (χ2v) is 11.1. The minimum atomic E-state index is -4.45. The van der Waals surface area contributed by atoms with E-state index in [4.69, 9.17) is 9.47 Å². The molecule has 46 heavy (non-hydrogen) atoms. The van der Waals surface area contributed by atoms with Crippen molar-refractivity contribution < 1.29 is 35.8 Å². The van der Waals surface area contributed by atoms with E-state index in [1.165, 1.54) is 24.3 Å². The molecule has 0 aliphatic carbocycles. The van der Waals surface area contributed by atoms with Crippen LogP contribution in [-0.4, -0.2) is 12.2 Å². The molecule has 8 heteroatoms. The highest BCUT2D eigenvalue weighted by molar-refractivity contribution is 6.02. The molecular formula is C38H34F6O2. The van der Waals surface area contributed by atoms with Crippen LogP contribution < -0.4 is 9.47 Å². The number of halogens is 6. The molecule has 0 unspecified atom stereocenters. The summed E-state index contributed by atoms with van der Waals surface area (Å²) in [6.45, 7) is 7.68. The summed E-state index contributed by atoms with van der Waals surface area (Å²) < 4.78 is 90.6. The summed E-state index contributed by atoms with van der Waals surface area (Å²) >= 11 is 0. The molecule has 2 nitrogen and oxygen atoms in total. The van der Waals surface area contributed by atoms with Gasteiger partial charge in [-0.15, -0.1) is 0 Å². The fraction of sp³-hybridized carbons (Fsp3) is 0.211. The van der Waals surface area contributed by atoms with E-state index in [-0.39, 0.29) is 12.2 Å². The molecule has 240 valence electrons. The summed E-state index contributed by atoms with van der Waals surface area (Å²) in [5.74, 6) is 1.34. The molecule has 0 amide bonds. The van der Waals surface area contributed by atoms with Gasteiger partial charge in [0.05, 0.1) is 23.3 Å². The maximum Gasteiger partial charge on any atom is 0.416 e. The molecule has 0 aliphatic rings. The summed E-state index contributed by atoms with van der Waals surface area (Å²) in [5, 5.41) is 0. The Morgan fingerprint density at radius 1 is 0.478 bits per heavy atom. The van der Waals surface area contributed by atoms with Crippen LogP contribution in [0.3, 0.4) is 0 Å². The summed E-state index contributed by atoms with van der Waals surface area (Å²) in [6, 6.07) is 24.5. The van der Waals surface area contributed by atoms with Crippen molar-refractivity contribution in [2.24, 2.45) is 0 Å². The number of rotatable bonds is 10. The Labute approximate surface area is 265 Å². The lowest BCUT2D eigenvalue weighted by atomic mass is 9.92. The molecule has 0 N–H and O–H groups in total. The molecule has 0 radical (unpaired) electrons. The van der Waals surface area contributed by atoms with E-state index in [0.29, 0.717) is 22.6 Å². The second-order valence-electron chi connectivity index (χ2n) is 11.1. The van der Waals surface area contributed by atoms with E-state index in [9.17, 15) is 26.3 Å². The van der Waals surface area contributed by atoms with Crippen LogP contribution in [0, 0.1) is 0 Å². The number of benzene rings is 4. The first kappa shape index (κ1) is 34.2. The van der Waals surface area contributed by atoms with E-state index in [1.54, 1.807) is 12.2 Å². The van der Waals surface area contributed by atoms with E-state index in [1.807, 2.05) is 88.4 Å². The zero-order chi connectivity index (χ0) is 33.5. The molecule has 4 aromatic carbocycles. The molecule has 0 saturated carbocycles. The lowest BCUT2D eigenvalue weighted by molar-refractivity contribution is -0.138. The van der Waals surface area contributed by atoms with Crippen LogP contribution in [0.1, 0.15) is 61.1 Å². The highest BCUT2D eigenvalue weighted by Crippen LogP contribution is 2.34. The second kappa shape index (κ2) is 14.6. The quantitative estimate of drug-likeness (QED) is 0.0980. The molecule has 4 aromatic rings. The Morgan fingerprint density at radius 2 is 0.783 bits per heavy atom. The molecule has 0 fully saturated rings. The van der Waals surface area contributed by atoms with Gasteiger partial charge < -0.3 is 9.47 Å². The Balaban J connectivity index is 1.87. The van der Waals surface area contributed by atoms with Gasteiger partial charge in [-0.2, -0.15) is 26.3 Å². The SMILES string of the molecule is CC(C)Oc1ccc(C(/C=C/c2ccc(C(F)(F)F)cc2)=C(\C=C\c2ccc(C(F)(F)F)cc2)c2ccc(OC(C)C)cc2)cc1. The summed E-state index contributed by atoms with van der Waals surface area (Å²) in [5.41, 5.74) is 2.63. The smallest absolute Gasteiger partial charge is 0.416 e. The zero-order valence-corrected chi connectivity index (χ0v) is 25.8. The summed E-state index contributed by atoms with van der Waals surface area (Å²) in [7, 11) is 0. The number of alkyl halides is 6. The largest absolute Gasteiger partial charge is 0.491 e. The lowest BCUT2D eigenvalue weighted by Gasteiger charge is -2.15. The van der Waals surface area contributed by atoms with Gasteiger partial charge in [0, 0.05) is 0 Å². The Morgan fingerprint density at radius 3 is 1.04 bits per heavy atom. The van der Waals surface area contributed by atoms with Crippen molar-refractivity contribution in [1.82, 2.24) is 0 Å². The Hall–Kier alpha value is -4.72. The molecule has 0 saturated heterocycles. The average molecular weight is 637 g/mol. The maximum absolute atomic E-state index is 13.2. The third kappa shape index (κ3) is 9.64. The molecular weight excluding hydrogens is 602 g/mol. The minimum Gasteiger partial charge on any atom is -0.491 e. The Kier molecular flexibility index (Phi) is 10.8. The highest BCUT2D eigenvalue weighted by atomic mass is 19.4. The predicted molar refractivity (Wildman–Crippen MR) is 172 cm³/mol. The third-order valence-electron chi connectivity index (χ3n) is 6.73. The van der Waals surface area contributed by atoms with Crippen LogP contribution in [0.15, 0.2) is 109 Å². The van der Waals surface area contributed by atoms with Crippen LogP contribution in [0.4, 0.5) is 26.3 Å². The molecule has 0 bridgehead atoms. The molecule has 0 heterocycles. The van der Waals surface area contributed by atoms with Gasteiger partial charge in [-0.25, -0.2) is 0 Å². The summed E-state index contributed by atoms with van der Waals surface area (Å²) in [4.78, 5) is 0. The highest BCUT2D eigenvalue weighted by Gasteiger charge is 2.30. The fourth-order valence-electron chi connectivity index (χ4n) is 4.58. The van der Waals surface area contributed by atoms with Crippen LogP contribution in [0.2, 0.25) is 0 Å². The lowest BCUT2D eigenvalue weighted by Crippen LogP contribution is -2.05. The van der Waals surface area contributed by atoms with Crippen LogP contribution in [0.25, 0.3) is 23.3 Å². The monoisotopic (exact) mass is 636 g/mol. The number of hydrogen-bond acceptors (Lipinski definition) is 2. The molecule has 0 atom stereocenters. The zero-order valence-electron chi connectivity index (χ0n) is 25.8. The normalized spacial score (nSPS) is 13.1. The van der Waals surface area contributed by atoms with Gasteiger partial charge in [0.25, 0.3) is 0 Å². The van der Waals surface area contributed by atoms with Crippen molar-refractivity contribution in [3.8, 4) is 11.5 Å². The van der Waals surface area contributed by atoms with E-state index < -0.39 is 23.5 Å². The van der Waals surface area contributed by atoms with Gasteiger partial charge in [-0.05, 0) is 110 Å². The van der Waals surface area contributed by atoms with Gasteiger partial charge in [0.2, 0.25) is 0 Å².